The average molecular weight is 284 g/mol. The molecule has 0 bridgehead atoms. The molecule has 1 fully saturated rings. The summed E-state index contributed by atoms with van der Waals surface area (Å²) in [5.74, 6) is -0.334. The molecule has 1 aromatic carbocycles. The van der Waals surface area contributed by atoms with Crippen molar-refractivity contribution >= 4 is 23.3 Å². The number of halogens is 1. The fourth-order valence-corrected chi connectivity index (χ4v) is 2.45. The minimum Gasteiger partial charge on any atom is -0.467 e. The molecule has 1 aromatic rings. The largest absolute Gasteiger partial charge is 0.467 e. The summed E-state index contributed by atoms with van der Waals surface area (Å²) in [6, 6.07) is 6.78. The monoisotopic (exact) mass is 283 g/mol. The van der Waals surface area contributed by atoms with E-state index in [4.69, 9.17) is 21.1 Å². The number of para-hydroxylation sites is 1. The normalized spacial score (nSPS) is 23.9. The highest BCUT2D eigenvalue weighted by Gasteiger charge is 2.35. The van der Waals surface area contributed by atoms with E-state index >= 15 is 0 Å². The van der Waals surface area contributed by atoms with Gasteiger partial charge in [-0.15, -0.1) is 0 Å². The van der Waals surface area contributed by atoms with Gasteiger partial charge >= 0.3 is 5.97 Å². The third-order valence-electron chi connectivity index (χ3n) is 3.28. The second-order valence-electron chi connectivity index (χ2n) is 4.69. The van der Waals surface area contributed by atoms with Crippen LogP contribution in [0.15, 0.2) is 24.3 Å². The van der Waals surface area contributed by atoms with Gasteiger partial charge < -0.3 is 14.8 Å². The maximum absolute atomic E-state index is 11.9. The van der Waals surface area contributed by atoms with Crippen LogP contribution in [0, 0.1) is 0 Å². The molecule has 3 atom stereocenters. The molecule has 1 aliphatic rings. The number of anilines is 1. The molecule has 5 heteroatoms. The zero-order valence-corrected chi connectivity index (χ0v) is 11.8. The number of rotatable bonds is 4. The molecule has 2 rings (SSSR count). The van der Waals surface area contributed by atoms with E-state index in [-0.39, 0.29) is 18.2 Å². The zero-order chi connectivity index (χ0) is 13.8. The molecule has 104 valence electrons. The van der Waals surface area contributed by atoms with Gasteiger partial charge in [0.2, 0.25) is 0 Å². The van der Waals surface area contributed by atoms with Gasteiger partial charge in [-0.2, -0.15) is 0 Å². The number of esters is 1. The molecule has 0 saturated carbocycles. The lowest BCUT2D eigenvalue weighted by atomic mass is 10.1. The predicted molar refractivity (Wildman–Crippen MR) is 74.4 cm³/mol. The lowest BCUT2D eigenvalue weighted by Gasteiger charge is -2.23. The lowest BCUT2D eigenvalue weighted by Crippen LogP contribution is -2.41. The van der Waals surface area contributed by atoms with Gasteiger partial charge in [0.1, 0.15) is 0 Å². The highest BCUT2D eigenvalue weighted by atomic mass is 35.5. The molecule has 0 amide bonds. The summed E-state index contributed by atoms with van der Waals surface area (Å²) >= 11 is 6.10. The molecule has 1 saturated heterocycles. The van der Waals surface area contributed by atoms with Gasteiger partial charge in [-0.3, -0.25) is 0 Å². The second-order valence-corrected chi connectivity index (χ2v) is 5.09. The Labute approximate surface area is 118 Å². The van der Waals surface area contributed by atoms with E-state index in [2.05, 4.69) is 5.32 Å². The number of carbonyl (C=O) groups is 1. The van der Waals surface area contributed by atoms with Crippen LogP contribution >= 0.6 is 11.6 Å². The van der Waals surface area contributed by atoms with Crippen molar-refractivity contribution in [3.8, 4) is 0 Å². The van der Waals surface area contributed by atoms with E-state index in [1.165, 1.54) is 7.11 Å². The van der Waals surface area contributed by atoms with Crippen molar-refractivity contribution in [1.82, 2.24) is 0 Å². The Morgan fingerprint density at radius 2 is 2.21 bits per heavy atom. The van der Waals surface area contributed by atoms with Crippen LogP contribution in [0.1, 0.15) is 19.8 Å². The summed E-state index contributed by atoms with van der Waals surface area (Å²) in [6.45, 7) is 2.00. The van der Waals surface area contributed by atoms with E-state index in [9.17, 15) is 4.79 Å². The molecule has 1 aliphatic heterocycles. The molecule has 3 unspecified atom stereocenters. The van der Waals surface area contributed by atoms with E-state index in [0.29, 0.717) is 10.7 Å². The predicted octanol–water partition coefficient (Wildman–Crippen LogP) is 2.86. The van der Waals surface area contributed by atoms with Crippen LogP contribution in [0.3, 0.4) is 0 Å². The topological polar surface area (TPSA) is 47.6 Å². The second kappa shape index (κ2) is 6.26. The van der Waals surface area contributed by atoms with Gasteiger partial charge in [0.25, 0.3) is 0 Å². The van der Waals surface area contributed by atoms with E-state index in [0.717, 1.165) is 12.8 Å². The summed E-state index contributed by atoms with van der Waals surface area (Å²) in [5.41, 5.74) is 0.711. The Bertz CT molecular complexity index is 452. The van der Waals surface area contributed by atoms with Crippen molar-refractivity contribution in [3.05, 3.63) is 29.3 Å². The number of carbonyl (C=O) groups excluding carboxylic acids is 1. The Balaban J connectivity index is 2.15. The molecule has 0 spiro atoms. The molecule has 1 heterocycles. The molecule has 0 radical (unpaired) electrons. The first-order chi connectivity index (χ1) is 9.11. The number of ether oxygens (including phenoxy) is 2. The van der Waals surface area contributed by atoms with Crippen molar-refractivity contribution < 1.29 is 14.3 Å². The van der Waals surface area contributed by atoms with Gasteiger partial charge in [0, 0.05) is 0 Å². The average Bonchev–Trinajstić information content (AvgIpc) is 2.83. The van der Waals surface area contributed by atoms with Crippen LogP contribution in [0.2, 0.25) is 5.02 Å². The van der Waals surface area contributed by atoms with Gasteiger partial charge in [-0.25, -0.2) is 4.79 Å². The molecular weight excluding hydrogens is 266 g/mol. The molecule has 19 heavy (non-hydrogen) atoms. The Hall–Kier alpha value is -1.26. The number of benzene rings is 1. The van der Waals surface area contributed by atoms with Crippen molar-refractivity contribution in [1.29, 1.82) is 0 Å². The maximum atomic E-state index is 11.9. The molecular formula is C14H18ClNO3. The van der Waals surface area contributed by atoms with E-state index in [1.54, 1.807) is 6.07 Å². The highest BCUT2D eigenvalue weighted by molar-refractivity contribution is 6.33. The van der Waals surface area contributed by atoms with Crippen LogP contribution in [-0.4, -0.2) is 31.3 Å². The Morgan fingerprint density at radius 3 is 2.79 bits per heavy atom. The quantitative estimate of drug-likeness (QED) is 0.863. The van der Waals surface area contributed by atoms with Crippen LogP contribution < -0.4 is 5.32 Å². The molecule has 0 aromatic heterocycles. The maximum Gasteiger partial charge on any atom is 0.331 e. The van der Waals surface area contributed by atoms with E-state index < -0.39 is 6.04 Å². The fraction of sp³-hybridized carbons (Fsp3) is 0.500. The fourth-order valence-electron chi connectivity index (χ4n) is 2.26. The molecule has 4 nitrogen and oxygen atoms in total. The summed E-state index contributed by atoms with van der Waals surface area (Å²) in [6.07, 6.45) is 1.77. The first kappa shape index (κ1) is 14.2. The lowest BCUT2D eigenvalue weighted by molar-refractivity contribution is -0.144. The third-order valence-corrected chi connectivity index (χ3v) is 3.61. The van der Waals surface area contributed by atoms with Crippen molar-refractivity contribution in [3.63, 3.8) is 0 Å². The number of hydrogen-bond acceptors (Lipinski definition) is 4. The third kappa shape index (κ3) is 3.39. The molecule has 1 N–H and O–H groups in total. The Morgan fingerprint density at radius 1 is 1.47 bits per heavy atom. The van der Waals surface area contributed by atoms with Crippen LogP contribution in [-0.2, 0) is 14.3 Å². The number of nitrogens with one attached hydrogen (secondary N) is 1. The number of hydrogen-bond donors (Lipinski definition) is 1. The van der Waals surface area contributed by atoms with Crippen LogP contribution in [0.25, 0.3) is 0 Å². The van der Waals surface area contributed by atoms with E-state index in [1.807, 2.05) is 25.1 Å². The van der Waals surface area contributed by atoms with Gasteiger partial charge in [0.05, 0.1) is 30.0 Å². The SMILES string of the molecule is COC(=O)C(Nc1ccccc1Cl)C1CCC(C)O1. The van der Waals surface area contributed by atoms with Gasteiger partial charge in [-0.05, 0) is 31.9 Å². The highest BCUT2D eigenvalue weighted by Crippen LogP contribution is 2.27. The zero-order valence-electron chi connectivity index (χ0n) is 11.1. The first-order valence-electron chi connectivity index (χ1n) is 6.36. The van der Waals surface area contributed by atoms with Crippen molar-refractivity contribution in [2.75, 3.05) is 12.4 Å². The number of methoxy groups -OCH3 is 1. The standard InChI is InChI=1S/C14H18ClNO3/c1-9-7-8-12(19-9)13(14(17)18-2)16-11-6-4-3-5-10(11)15/h3-6,9,12-13,16H,7-8H2,1-2H3. The van der Waals surface area contributed by atoms with Crippen LogP contribution in [0.5, 0.6) is 0 Å². The first-order valence-corrected chi connectivity index (χ1v) is 6.74. The summed E-state index contributed by atoms with van der Waals surface area (Å²) in [5, 5.41) is 3.70. The molecule has 0 aliphatic carbocycles. The summed E-state index contributed by atoms with van der Waals surface area (Å²) < 4.78 is 10.6. The Kier molecular flexibility index (Phi) is 4.66. The van der Waals surface area contributed by atoms with Crippen molar-refractivity contribution in [2.24, 2.45) is 0 Å². The summed E-state index contributed by atoms with van der Waals surface area (Å²) in [7, 11) is 1.38. The minimum atomic E-state index is -0.533. The smallest absolute Gasteiger partial charge is 0.331 e. The van der Waals surface area contributed by atoms with Gasteiger partial charge in [0.15, 0.2) is 6.04 Å². The van der Waals surface area contributed by atoms with Gasteiger partial charge in [-0.1, -0.05) is 23.7 Å². The minimum absolute atomic E-state index is 0.171. The van der Waals surface area contributed by atoms with Crippen molar-refractivity contribution in [2.45, 2.75) is 38.0 Å². The summed E-state index contributed by atoms with van der Waals surface area (Å²) in [4.78, 5) is 11.9. The van der Waals surface area contributed by atoms with Crippen LogP contribution in [0.4, 0.5) is 5.69 Å².